The normalized spacial score (nSPS) is 14.6. The number of hydrogen-bond acceptors (Lipinski definition) is 8. The molecule has 2 heterocycles. The molecule has 0 radical (unpaired) electrons. The second kappa shape index (κ2) is 9.00. The molecule has 3 aromatic rings. The Kier molecular flexibility index (Phi) is 6.10. The molecule has 0 atom stereocenters. The molecule has 0 bridgehead atoms. The molecule has 1 fully saturated rings. The molecule has 1 saturated heterocycles. The molecule has 0 N–H and O–H groups in total. The van der Waals surface area contributed by atoms with Crippen LogP contribution in [-0.2, 0) is 21.4 Å². The van der Waals surface area contributed by atoms with E-state index in [0.29, 0.717) is 0 Å². The Balaban J connectivity index is 1.46. The van der Waals surface area contributed by atoms with Crippen LogP contribution in [0.15, 0.2) is 58.5 Å². The van der Waals surface area contributed by atoms with Gasteiger partial charge in [-0.2, -0.15) is 9.57 Å². The third-order valence-electron chi connectivity index (χ3n) is 5.54. The molecule has 1 aromatic heterocycles. The lowest BCUT2D eigenvalue weighted by Gasteiger charge is -2.34. The van der Waals surface area contributed by atoms with Crippen molar-refractivity contribution in [3.63, 3.8) is 0 Å². The summed E-state index contributed by atoms with van der Waals surface area (Å²) in [7, 11) is -3.89. The molecule has 0 unspecified atom stereocenters. The highest BCUT2D eigenvalue weighted by atomic mass is 32.2. The van der Waals surface area contributed by atoms with Crippen LogP contribution >= 0.6 is 0 Å². The predicted octanol–water partition coefficient (Wildman–Crippen LogP) is 0.709. The summed E-state index contributed by atoms with van der Waals surface area (Å²) in [6.07, 6.45) is 1.16. The Morgan fingerprint density at radius 1 is 1.15 bits per heavy atom. The lowest BCUT2D eigenvalue weighted by molar-refractivity contribution is -0.384. The first-order valence-electron chi connectivity index (χ1n) is 10.1. The van der Waals surface area contributed by atoms with Gasteiger partial charge in [0.15, 0.2) is 0 Å². The van der Waals surface area contributed by atoms with Crippen molar-refractivity contribution in [3.05, 3.63) is 74.8 Å². The van der Waals surface area contributed by atoms with E-state index >= 15 is 0 Å². The van der Waals surface area contributed by atoms with Gasteiger partial charge in [0, 0.05) is 38.3 Å². The van der Waals surface area contributed by atoms with Crippen LogP contribution < -0.4 is 5.56 Å². The van der Waals surface area contributed by atoms with Crippen molar-refractivity contribution < 1.29 is 18.1 Å². The van der Waals surface area contributed by atoms with Crippen LogP contribution in [0, 0.1) is 21.4 Å². The fourth-order valence-corrected chi connectivity index (χ4v) is 5.28. The van der Waals surface area contributed by atoms with Gasteiger partial charge in [-0.1, -0.05) is 12.1 Å². The number of non-ortho nitro benzene ring substituents is 1. The summed E-state index contributed by atoms with van der Waals surface area (Å²) in [6, 6.07) is 11.5. The van der Waals surface area contributed by atoms with Gasteiger partial charge in [0.1, 0.15) is 12.6 Å². The number of nitro groups is 1. The van der Waals surface area contributed by atoms with Gasteiger partial charge in [-0.05, 0) is 18.2 Å². The van der Waals surface area contributed by atoms with E-state index in [9.17, 15) is 33.4 Å². The van der Waals surface area contributed by atoms with E-state index in [1.54, 1.807) is 12.1 Å². The number of benzene rings is 2. The van der Waals surface area contributed by atoms with Gasteiger partial charge in [-0.15, -0.1) is 0 Å². The lowest BCUT2D eigenvalue weighted by Crippen LogP contribution is -2.51. The van der Waals surface area contributed by atoms with Crippen molar-refractivity contribution in [1.82, 2.24) is 18.8 Å². The number of sulfonamides is 1. The standard InChI is InChI=1S/C21H18N6O6S/c22-12-15-3-1-2-4-19(15)34(32,33)26-9-7-24(8-10-26)20(28)13-25-14-23-18-11-16(27(30)31)5-6-17(18)21(25)29/h1-6,11,14H,7-10,13H2. The zero-order chi connectivity index (χ0) is 24.5. The van der Waals surface area contributed by atoms with Crippen molar-refractivity contribution >= 4 is 32.5 Å². The molecule has 2 aromatic carbocycles. The van der Waals surface area contributed by atoms with E-state index in [1.807, 2.05) is 6.07 Å². The molecule has 174 valence electrons. The average molecular weight is 482 g/mol. The summed E-state index contributed by atoms with van der Waals surface area (Å²) in [5, 5.41) is 20.3. The summed E-state index contributed by atoms with van der Waals surface area (Å²) >= 11 is 0. The first-order valence-corrected chi connectivity index (χ1v) is 11.6. The van der Waals surface area contributed by atoms with E-state index in [0.717, 1.165) is 10.9 Å². The van der Waals surface area contributed by atoms with Crippen molar-refractivity contribution in [2.24, 2.45) is 0 Å². The van der Waals surface area contributed by atoms with E-state index in [-0.39, 0.29) is 65.7 Å². The van der Waals surface area contributed by atoms with Crippen LogP contribution in [0.25, 0.3) is 10.9 Å². The molecule has 1 amide bonds. The second-order valence-electron chi connectivity index (χ2n) is 7.53. The molecule has 0 saturated carbocycles. The van der Waals surface area contributed by atoms with Gasteiger partial charge in [0.2, 0.25) is 15.9 Å². The van der Waals surface area contributed by atoms with Crippen LogP contribution in [0.1, 0.15) is 5.56 Å². The largest absolute Gasteiger partial charge is 0.338 e. The number of fused-ring (bicyclic) bond motifs is 1. The predicted molar refractivity (Wildman–Crippen MR) is 119 cm³/mol. The van der Waals surface area contributed by atoms with Gasteiger partial charge >= 0.3 is 0 Å². The van der Waals surface area contributed by atoms with Gasteiger partial charge in [-0.25, -0.2) is 13.4 Å². The van der Waals surface area contributed by atoms with Crippen LogP contribution in [0.4, 0.5) is 5.69 Å². The molecule has 1 aliphatic rings. The number of hydrogen-bond donors (Lipinski definition) is 0. The van der Waals surface area contributed by atoms with Crippen molar-refractivity contribution in [2.45, 2.75) is 11.4 Å². The molecule has 12 nitrogen and oxygen atoms in total. The zero-order valence-electron chi connectivity index (χ0n) is 17.7. The third kappa shape index (κ3) is 4.24. The van der Waals surface area contributed by atoms with Gasteiger partial charge in [0.05, 0.1) is 32.6 Å². The molecular formula is C21H18N6O6S. The highest BCUT2D eigenvalue weighted by molar-refractivity contribution is 7.89. The Bertz CT molecular complexity index is 1500. The van der Waals surface area contributed by atoms with Crippen LogP contribution in [0.5, 0.6) is 0 Å². The van der Waals surface area contributed by atoms with Crippen LogP contribution in [0.2, 0.25) is 0 Å². The molecular weight excluding hydrogens is 464 g/mol. The smallest absolute Gasteiger partial charge is 0.271 e. The van der Waals surface area contributed by atoms with Gasteiger partial charge < -0.3 is 4.90 Å². The molecule has 34 heavy (non-hydrogen) atoms. The lowest BCUT2D eigenvalue weighted by atomic mass is 10.2. The maximum atomic E-state index is 12.9. The number of carbonyl (C=O) groups is 1. The summed E-state index contributed by atoms with van der Waals surface area (Å²) in [5.41, 5.74) is -0.505. The highest BCUT2D eigenvalue weighted by Crippen LogP contribution is 2.21. The SMILES string of the molecule is N#Cc1ccccc1S(=O)(=O)N1CCN(C(=O)Cn2cnc3cc([N+](=O)[O-])ccc3c2=O)CC1. The molecule has 0 spiro atoms. The zero-order valence-corrected chi connectivity index (χ0v) is 18.5. The maximum absolute atomic E-state index is 12.9. The van der Waals surface area contributed by atoms with Gasteiger partial charge in [0.25, 0.3) is 11.2 Å². The first-order chi connectivity index (χ1) is 16.2. The Labute approximate surface area is 193 Å². The number of nitriles is 1. The molecule has 1 aliphatic heterocycles. The number of amides is 1. The number of nitrogens with zero attached hydrogens (tertiary/aromatic N) is 6. The monoisotopic (exact) mass is 482 g/mol. The Morgan fingerprint density at radius 2 is 1.85 bits per heavy atom. The summed E-state index contributed by atoms with van der Waals surface area (Å²) in [6.45, 7) is 0.0248. The topological polar surface area (TPSA) is 160 Å². The number of piperazine rings is 1. The quantitative estimate of drug-likeness (QED) is 0.380. The number of carbonyl (C=O) groups excluding carboxylic acids is 1. The minimum atomic E-state index is -3.89. The Morgan fingerprint density at radius 3 is 2.53 bits per heavy atom. The number of aromatic nitrogens is 2. The van der Waals surface area contributed by atoms with Crippen LogP contribution in [-0.4, -0.2) is 64.2 Å². The first kappa shape index (κ1) is 23.0. The fraction of sp³-hybridized carbons (Fsp3) is 0.238. The molecule has 4 rings (SSSR count). The van der Waals surface area contributed by atoms with Gasteiger partial charge in [-0.3, -0.25) is 24.3 Å². The van der Waals surface area contributed by atoms with E-state index in [1.165, 1.54) is 39.5 Å². The van der Waals surface area contributed by atoms with Crippen LogP contribution in [0.3, 0.4) is 0 Å². The molecule has 13 heteroatoms. The van der Waals surface area contributed by atoms with Crippen molar-refractivity contribution in [2.75, 3.05) is 26.2 Å². The number of rotatable bonds is 5. The molecule has 0 aliphatic carbocycles. The highest BCUT2D eigenvalue weighted by Gasteiger charge is 2.31. The van der Waals surface area contributed by atoms with E-state index in [2.05, 4.69) is 4.98 Å². The van der Waals surface area contributed by atoms with E-state index < -0.39 is 20.5 Å². The number of nitro benzene ring substituents is 1. The summed E-state index contributed by atoms with van der Waals surface area (Å²) in [5.74, 6) is -0.389. The maximum Gasteiger partial charge on any atom is 0.271 e. The summed E-state index contributed by atoms with van der Waals surface area (Å²) < 4.78 is 28.2. The minimum absolute atomic E-state index is 0.0440. The third-order valence-corrected chi connectivity index (χ3v) is 7.50. The fourth-order valence-electron chi connectivity index (χ4n) is 3.72. The second-order valence-corrected chi connectivity index (χ2v) is 9.44. The van der Waals surface area contributed by atoms with Crippen molar-refractivity contribution in [3.8, 4) is 6.07 Å². The summed E-state index contributed by atoms with van der Waals surface area (Å²) in [4.78, 5) is 41.2. The average Bonchev–Trinajstić information content (AvgIpc) is 2.85. The van der Waals surface area contributed by atoms with E-state index in [4.69, 9.17) is 0 Å². The van der Waals surface area contributed by atoms with Crippen molar-refractivity contribution in [1.29, 1.82) is 5.26 Å². The Hall–Kier alpha value is -4.15. The minimum Gasteiger partial charge on any atom is -0.338 e.